The minimum atomic E-state index is -1.72. The minimum absolute atomic E-state index is 0.109. The van der Waals surface area contributed by atoms with Crippen LogP contribution >= 0.6 is 34.8 Å². The molecule has 1 atom stereocenters. The van der Waals surface area contributed by atoms with Crippen LogP contribution in [0.25, 0.3) is 0 Å². The van der Waals surface area contributed by atoms with Gasteiger partial charge in [0.2, 0.25) is 9.74 Å². The summed E-state index contributed by atoms with van der Waals surface area (Å²) in [4.78, 5) is 15.6. The Hall–Kier alpha value is -1.34. The van der Waals surface area contributed by atoms with Gasteiger partial charge in [-0.2, -0.15) is 9.97 Å². The molecule has 0 radical (unpaired) electrons. The monoisotopic (exact) mass is 443 g/mol. The van der Waals surface area contributed by atoms with Gasteiger partial charge in [-0.25, -0.2) is 4.98 Å². The predicted molar refractivity (Wildman–Crippen MR) is 114 cm³/mol. The van der Waals surface area contributed by atoms with Crippen molar-refractivity contribution in [3.63, 3.8) is 0 Å². The number of ether oxygens (including phenoxy) is 1. The maximum absolute atomic E-state index is 6.04. The van der Waals surface area contributed by atoms with E-state index in [1.54, 1.807) is 7.11 Å². The highest BCUT2D eigenvalue weighted by molar-refractivity contribution is 6.66. The van der Waals surface area contributed by atoms with Crippen molar-refractivity contribution in [2.24, 2.45) is 0 Å². The molecule has 152 valence electrons. The average molecular weight is 445 g/mol. The molecule has 0 aliphatic carbocycles. The molecule has 1 aliphatic heterocycles. The third-order valence-electron chi connectivity index (χ3n) is 4.91. The number of likely N-dealkylation sites (tertiary alicyclic amines) is 1. The lowest BCUT2D eigenvalue weighted by molar-refractivity contribution is 0.301. The molecule has 1 fully saturated rings. The van der Waals surface area contributed by atoms with E-state index >= 15 is 0 Å². The van der Waals surface area contributed by atoms with E-state index in [9.17, 15) is 0 Å². The van der Waals surface area contributed by atoms with Crippen LogP contribution in [0.15, 0.2) is 24.3 Å². The molecule has 1 aliphatic rings. The second-order valence-electron chi connectivity index (χ2n) is 6.88. The summed E-state index contributed by atoms with van der Waals surface area (Å²) in [5.41, 5.74) is 0.949. The Kier molecular flexibility index (Phi) is 7.20. The summed E-state index contributed by atoms with van der Waals surface area (Å²) in [5, 5.41) is 3.26. The number of hydrogen-bond acceptors (Lipinski definition) is 6. The van der Waals surface area contributed by atoms with E-state index in [-0.39, 0.29) is 5.82 Å². The molecular formula is C19H24Cl3N5O. The maximum atomic E-state index is 6.04. The molecule has 2 heterocycles. The highest BCUT2D eigenvalue weighted by Crippen LogP contribution is 2.36. The molecule has 0 amide bonds. The lowest BCUT2D eigenvalue weighted by Gasteiger charge is -2.19. The van der Waals surface area contributed by atoms with Crippen LogP contribution in [-0.4, -0.2) is 53.1 Å². The Morgan fingerprint density at radius 1 is 1.21 bits per heavy atom. The summed E-state index contributed by atoms with van der Waals surface area (Å²) >= 11 is 18.1. The van der Waals surface area contributed by atoms with Gasteiger partial charge in [-0.3, -0.25) is 0 Å². The van der Waals surface area contributed by atoms with Crippen molar-refractivity contribution >= 4 is 40.8 Å². The lowest BCUT2D eigenvalue weighted by atomic mass is 10.1. The van der Waals surface area contributed by atoms with E-state index in [2.05, 4.69) is 32.2 Å². The Balaban J connectivity index is 1.77. The van der Waals surface area contributed by atoms with Crippen LogP contribution in [0, 0.1) is 0 Å². The second-order valence-corrected chi connectivity index (χ2v) is 9.16. The number of aromatic nitrogens is 3. The summed E-state index contributed by atoms with van der Waals surface area (Å²) < 4.78 is 3.69. The molecule has 0 bridgehead atoms. The first-order chi connectivity index (χ1) is 13.4. The number of methoxy groups -OCH3 is 1. The van der Waals surface area contributed by atoms with Gasteiger partial charge in [0.25, 0.3) is 0 Å². The molecule has 28 heavy (non-hydrogen) atoms. The smallest absolute Gasteiger partial charge is 0.250 e. The first-order valence-corrected chi connectivity index (χ1v) is 10.4. The topological polar surface area (TPSA) is 63.2 Å². The molecule has 9 heteroatoms. The molecule has 1 unspecified atom stereocenters. The Labute approximate surface area is 180 Å². The van der Waals surface area contributed by atoms with E-state index in [4.69, 9.17) is 39.5 Å². The molecule has 0 saturated carbocycles. The number of alkyl halides is 3. The van der Waals surface area contributed by atoms with Crippen molar-refractivity contribution in [3.05, 3.63) is 41.5 Å². The SMILES string of the molecule is COc1ccccc1Cc1nc(NCCC2CCCN2C)nc(C(Cl)(Cl)Cl)n1. The molecule has 0 spiro atoms. The van der Waals surface area contributed by atoms with Gasteiger partial charge in [0.05, 0.1) is 7.11 Å². The molecule has 3 rings (SSSR count). The summed E-state index contributed by atoms with van der Waals surface area (Å²) in [6.07, 6.45) is 3.91. The summed E-state index contributed by atoms with van der Waals surface area (Å²) in [7, 11) is 3.79. The van der Waals surface area contributed by atoms with Gasteiger partial charge in [-0.1, -0.05) is 53.0 Å². The maximum Gasteiger partial charge on any atom is 0.250 e. The first kappa shape index (κ1) is 21.4. The van der Waals surface area contributed by atoms with E-state index in [0.29, 0.717) is 24.2 Å². The lowest BCUT2D eigenvalue weighted by Crippen LogP contribution is -2.27. The zero-order chi connectivity index (χ0) is 20.1. The number of nitrogens with one attached hydrogen (secondary N) is 1. The molecule has 1 N–H and O–H groups in total. The second kappa shape index (κ2) is 9.44. The highest BCUT2D eigenvalue weighted by Gasteiger charge is 2.28. The minimum Gasteiger partial charge on any atom is -0.496 e. The molecule has 1 aromatic heterocycles. The van der Waals surface area contributed by atoms with Crippen LogP contribution in [0.1, 0.15) is 36.5 Å². The van der Waals surface area contributed by atoms with E-state index < -0.39 is 3.79 Å². The average Bonchev–Trinajstić information content (AvgIpc) is 3.06. The standard InChI is InChI=1S/C19H24Cl3N5O/c1-27-11-5-7-14(27)9-10-23-18-25-16(24-17(26-18)19(20,21)22)12-13-6-3-4-8-15(13)28-2/h3-4,6,8,14H,5,7,9-12H2,1-2H3,(H,23,24,25,26). The largest absolute Gasteiger partial charge is 0.496 e. The highest BCUT2D eigenvalue weighted by atomic mass is 35.6. The van der Waals surface area contributed by atoms with Gasteiger partial charge in [0.1, 0.15) is 11.6 Å². The van der Waals surface area contributed by atoms with Crippen LogP contribution in [0.4, 0.5) is 5.95 Å². The van der Waals surface area contributed by atoms with Crippen molar-refractivity contribution in [2.75, 3.05) is 32.6 Å². The predicted octanol–water partition coefficient (Wildman–Crippen LogP) is 4.19. The fraction of sp³-hybridized carbons (Fsp3) is 0.526. The van der Waals surface area contributed by atoms with Crippen LogP contribution in [0.2, 0.25) is 0 Å². The molecule has 2 aromatic rings. The molecular weight excluding hydrogens is 421 g/mol. The van der Waals surface area contributed by atoms with Crippen LogP contribution in [0.5, 0.6) is 5.75 Å². The van der Waals surface area contributed by atoms with Gasteiger partial charge in [0, 0.05) is 24.6 Å². The number of hydrogen-bond donors (Lipinski definition) is 1. The summed E-state index contributed by atoms with van der Waals surface area (Å²) in [6.45, 7) is 1.89. The van der Waals surface area contributed by atoms with Gasteiger partial charge < -0.3 is 15.0 Å². The van der Waals surface area contributed by atoms with Crippen LogP contribution in [0.3, 0.4) is 0 Å². The number of anilines is 1. The Morgan fingerprint density at radius 3 is 2.68 bits per heavy atom. The number of halogens is 3. The quantitative estimate of drug-likeness (QED) is 0.646. The fourth-order valence-electron chi connectivity index (χ4n) is 3.42. The normalized spacial score (nSPS) is 17.7. The van der Waals surface area contributed by atoms with Crippen molar-refractivity contribution in [1.29, 1.82) is 0 Å². The first-order valence-electron chi connectivity index (χ1n) is 9.25. The summed E-state index contributed by atoms with van der Waals surface area (Å²) in [6, 6.07) is 8.28. The fourth-order valence-corrected chi connectivity index (χ4v) is 3.67. The van der Waals surface area contributed by atoms with Gasteiger partial charge in [-0.15, -0.1) is 0 Å². The van der Waals surface area contributed by atoms with Crippen LogP contribution < -0.4 is 10.1 Å². The number of benzene rings is 1. The van der Waals surface area contributed by atoms with E-state index in [1.807, 2.05) is 24.3 Å². The summed E-state index contributed by atoms with van der Waals surface area (Å²) in [5.74, 6) is 1.80. The van der Waals surface area contributed by atoms with Gasteiger partial charge >= 0.3 is 0 Å². The van der Waals surface area contributed by atoms with Gasteiger partial charge in [0.15, 0.2) is 5.82 Å². The Morgan fingerprint density at radius 2 is 2.00 bits per heavy atom. The van der Waals surface area contributed by atoms with E-state index in [0.717, 1.165) is 30.8 Å². The number of para-hydroxylation sites is 1. The zero-order valence-corrected chi connectivity index (χ0v) is 18.2. The van der Waals surface area contributed by atoms with Crippen molar-refractivity contribution in [3.8, 4) is 5.75 Å². The Bertz CT molecular complexity index is 799. The van der Waals surface area contributed by atoms with Gasteiger partial charge in [-0.05, 0) is 38.9 Å². The van der Waals surface area contributed by atoms with Crippen molar-refractivity contribution < 1.29 is 4.74 Å². The molecule has 6 nitrogen and oxygen atoms in total. The van der Waals surface area contributed by atoms with Crippen LogP contribution in [-0.2, 0) is 10.2 Å². The molecule has 1 aromatic carbocycles. The third kappa shape index (κ3) is 5.60. The third-order valence-corrected chi connectivity index (χ3v) is 5.42. The number of nitrogens with zero attached hydrogens (tertiary/aromatic N) is 4. The zero-order valence-electron chi connectivity index (χ0n) is 16.0. The number of rotatable bonds is 7. The van der Waals surface area contributed by atoms with Crippen molar-refractivity contribution in [1.82, 2.24) is 19.9 Å². The molecule has 1 saturated heterocycles. The van der Waals surface area contributed by atoms with E-state index in [1.165, 1.54) is 12.8 Å². The van der Waals surface area contributed by atoms with Crippen molar-refractivity contribution in [2.45, 2.75) is 35.5 Å².